The van der Waals surface area contributed by atoms with E-state index in [1.165, 1.54) is 5.56 Å². The number of nitrogens with two attached hydrogens (primary N) is 1. The van der Waals surface area contributed by atoms with Crippen molar-refractivity contribution in [3.8, 4) is 0 Å². The van der Waals surface area contributed by atoms with Crippen molar-refractivity contribution < 1.29 is 4.42 Å². The Morgan fingerprint density at radius 3 is 2.67 bits per heavy atom. The molecular formula is C10H17NO. The molecule has 0 radical (unpaired) electrons. The van der Waals surface area contributed by atoms with E-state index in [0.717, 1.165) is 13.0 Å². The Morgan fingerprint density at radius 2 is 2.25 bits per heavy atom. The van der Waals surface area contributed by atoms with E-state index in [1.54, 1.807) is 12.5 Å². The van der Waals surface area contributed by atoms with Gasteiger partial charge in [0.1, 0.15) is 0 Å². The van der Waals surface area contributed by atoms with Crippen molar-refractivity contribution in [3.63, 3.8) is 0 Å². The lowest BCUT2D eigenvalue weighted by molar-refractivity contribution is 0.390. The molecule has 0 saturated carbocycles. The van der Waals surface area contributed by atoms with Gasteiger partial charge in [-0.1, -0.05) is 13.8 Å². The quantitative estimate of drug-likeness (QED) is 0.745. The maximum atomic E-state index is 5.66. The van der Waals surface area contributed by atoms with Crippen LogP contribution in [0.3, 0.4) is 0 Å². The van der Waals surface area contributed by atoms with Gasteiger partial charge in [-0.3, -0.25) is 0 Å². The third-order valence-corrected chi connectivity index (χ3v) is 2.32. The zero-order chi connectivity index (χ0) is 8.97. The lowest BCUT2D eigenvalue weighted by atomic mass is 9.90. The summed E-state index contributed by atoms with van der Waals surface area (Å²) in [6.07, 6.45) is 4.54. The molecule has 2 heteroatoms. The molecule has 68 valence electrons. The topological polar surface area (TPSA) is 39.2 Å². The molecule has 0 aliphatic heterocycles. The molecule has 1 heterocycles. The summed E-state index contributed by atoms with van der Waals surface area (Å²) in [7, 11) is 0. The van der Waals surface area contributed by atoms with Gasteiger partial charge in [-0.15, -0.1) is 0 Å². The van der Waals surface area contributed by atoms with Gasteiger partial charge < -0.3 is 10.2 Å². The van der Waals surface area contributed by atoms with Gasteiger partial charge in [0.25, 0.3) is 0 Å². The van der Waals surface area contributed by atoms with Crippen LogP contribution in [0, 0.1) is 11.8 Å². The Morgan fingerprint density at radius 1 is 1.50 bits per heavy atom. The van der Waals surface area contributed by atoms with Crippen LogP contribution >= 0.6 is 0 Å². The van der Waals surface area contributed by atoms with E-state index in [9.17, 15) is 0 Å². The fourth-order valence-corrected chi connectivity index (χ4v) is 1.30. The van der Waals surface area contributed by atoms with E-state index in [0.29, 0.717) is 11.8 Å². The predicted molar refractivity (Wildman–Crippen MR) is 49.8 cm³/mol. The number of furan rings is 1. The maximum absolute atomic E-state index is 5.66. The van der Waals surface area contributed by atoms with E-state index >= 15 is 0 Å². The summed E-state index contributed by atoms with van der Waals surface area (Å²) in [6.45, 7) is 5.16. The second kappa shape index (κ2) is 4.31. The molecule has 0 bridgehead atoms. The second-order valence-corrected chi connectivity index (χ2v) is 3.58. The first kappa shape index (κ1) is 9.33. The molecule has 0 aromatic carbocycles. The molecular weight excluding hydrogens is 150 g/mol. The van der Waals surface area contributed by atoms with E-state index < -0.39 is 0 Å². The first-order valence-electron chi connectivity index (χ1n) is 4.45. The minimum atomic E-state index is 0.572. The Bertz CT molecular complexity index is 204. The predicted octanol–water partition coefficient (Wildman–Crippen LogP) is 2.05. The highest BCUT2D eigenvalue weighted by Gasteiger charge is 2.12. The molecule has 2 N–H and O–H groups in total. The van der Waals surface area contributed by atoms with Crippen molar-refractivity contribution in [1.29, 1.82) is 0 Å². The number of rotatable bonds is 4. The van der Waals surface area contributed by atoms with Gasteiger partial charge in [0, 0.05) is 0 Å². The van der Waals surface area contributed by atoms with Crippen LogP contribution < -0.4 is 5.73 Å². The Balaban J connectivity index is 2.48. The average molecular weight is 167 g/mol. The summed E-state index contributed by atoms with van der Waals surface area (Å²) in [5.74, 6) is 1.22. The van der Waals surface area contributed by atoms with Crippen LogP contribution in [-0.4, -0.2) is 6.54 Å². The molecule has 0 fully saturated rings. The fraction of sp³-hybridized carbons (Fsp3) is 0.600. The summed E-state index contributed by atoms with van der Waals surface area (Å²) < 4.78 is 5.00. The molecule has 1 rings (SSSR count). The van der Waals surface area contributed by atoms with Crippen LogP contribution in [0.2, 0.25) is 0 Å². The van der Waals surface area contributed by atoms with Gasteiger partial charge in [-0.2, -0.15) is 0 Å². The normalized spacial score (nSPS) is 13.7. The van der Waals surface area contributed by atoms with Crippen molar-refractivity contribution in [2.75, 3.05) is 6.54 Å². The molecule has 0 saturated heterocycles. The molecule has 0 aliphatic carbocycles. The summed E-state index contributed by atoms with van der Waals surface area (Å²) >= 11 is 0. The van der Waals surface area contributed by atoms with Crippen LogP contribution in [-0.2, 0) is 6.42 Å². The zero-order valence-corrected chi connectivity index (χ0v) is 7.79. The minimum absolute atomic E-state index is 0.572. The zero-order valence-electron chi connectivity index (χ0n) is 7.79. The number of hydrogen-bond donors (Lipinski definition) is 1. The van der Waals surface area contributed by atoms with Crippen LogP contribution in [0.15, 0.2) is 23.0 Å². The van der Waals surface area contributed by atoms with Gasteiger partial charge in [0.2, 0.25) is 0 Å². The smallest absolute Gasteiger partial charge is 0.0934 e. The third kappa shape index (κ3) is 2.38. The van der Waals surface area contributed by atoms with Gasteiger partial charge in [0.15, 0.2) is 0 Å². The second-order valence-electron chi connectivity index (χ2n) is 3.58. The van der Waals surface area contributed by atoms with Crippen molar-refractivity contribution in [2.45, 2.75) is 20.3 Å². The molecule has 2 nitrogen and oxygen atoms in total. The Hall–Kier alpha value is -0.760. The minimum Gasteiger partial charge on any atom is -0.472 e. The summed E-state index contributed by atoms with van der Waals surface area (Å²) in [5, 5.41) is 0. The summed E-state index contributed by atoms with van der Waals surface area (Å²) in [5.41, 5.74) is 6.91. The molecule has 1 aromatic heterocycles. The van der Waals surface area contributed by atoms with E-state index in [2.05, 4.69) is 13.8 Å². The molecule has 0 amide bonds. The molecule has 0 spiro atoms. The number of hydrogen-bond acceptors (Lipinski definition) is 2. The van der Waals surface area contributed by atoms with Gasteiger partial charge in [-0.05, 0) is 36.4 Å². The molecule has 1 aromatic rings. The van der Waals surface area contributed by atoms with E-state index in [-0.39, 0.29) is 0 Å². The van der Waals surface area contributed by atoms with Crippen LogP contribution in [0.5, 0.6) is 0 Å². The summed E-state index contributed by atoms with van der Waals surface area (Å²) in [4.78, 5) is 0. The van der Waals surface area contributed by atoms with E-state index in [4.69, 9.17) is 10.2 Å². The van der Waals surface area contributed by atoms with Crippen molar-refractivity contribution in [2.24, 2.45) is 17.6 Å². The van der Waals surface area contributed by atoms with Crippen molar-refractivity contribution >= 4 is 0 Å². The van der Waals surface area contributed by atoms with E-state index in [1.807, 2.05) is 6.07 Å². The Kier molecular flexibility index (Phi) is 3.35. The van der Waals surface area contributed by atoms with Crippen molar-refractivity contribution in [3.05, 3.63) is 24.2 Å². The highest BCUT2D eigenvalue weighted by molar-refractivity contribution is 5.06. The average Bonchev–Trinajstić information content (AvgIpc) is 2.51. The molecule has 1 atom stereocenters. The van der Waals surface area contributed by atoms with Gasteiger partial charge >= 0.3 is 0 Å². The SMILES string of the molecule is CC(C)C(CN)Cc1ccoc1. The molecule has 1 unspecified atom stereocenters. The summed E-state index contributed by atoms with van der Waals surface area (Å²) in [6, 6.07) is 2.00. The van der Waals surface area contributed by atoms with Crippen LogP contribution in [0.4, 0.5) is 0 Å². The lowest BCUT2D eigenvalue weighted by Crippen LogP contribution is -2.21. The lowest BCUT2D eigenvalue weighted by Gasteiger charge is -2.17. The van der Waals surface area contributed by atoms with Crippen LogP contribution in [0.25, 0.3) is 0 Å². The Labute approximate surface area is 73.8 Å². The van der Waals surface area contributed by atoms with Gasteiger partial charge in [0.05, 0.1) is 12.5 Å². The standard InChI is InChI=1S/C10H17NO/c1-8(2)10(6-11)5-9-3-4-12-7-9/h3-4,7-8,10H,5-6,11H2,1-2H3. The highest BCUT2D eigenvalue weighted by Crippen LogP contribution is 2.15. The first-order chi connectivity index (χ1) is 5.74. The van der Waals surface area contributed by atoms with Crippen molar-refractivity contribution in [1.82, 2.24) is 0 Å². The maximum Gasteiger partial charge on any atom is 0.0934 e. The highest BCUT2D eigenvalue weighted by atomic mass is 16.3. The fourth-order valence-electron chi connectivity index (χ4n) is 1.30. The van der Waals surface area contributed by atoms with Crippen LogP contribution in [0.1, 0.15) is 19.4 Å². The molecule has 0 aliphatic rings. The monoisotopic (exact) mass is 167 g/mol. The largest absolute Gasteiger partial charge is 0.472 e. The third-order valence-electron chi connectivity index (χ3n) is 2.32. The first-order valence-corrected chi connectivity index (χ1v) is 4.45. The molecule has 12 heavy (non-hydrogen) atoms. The van der Waals surface area contributed by atoms with Gasteiger partial charge in [-0.25, -0.2) is 0 Å².